The Balaban J connectivity index is 1.58. The first-order valence-electron chi connectivity index (χ1n) is 12.0. The molecular formula is C29H29ClN4O3S. The Labute approximate surface area is 228 Å². The highest BCUT2D eigenvalue weighted by Gasteiger charge is 2.28. The lowest BCUT2D eigenvalue weighted by molar-refractivity contribution is -0.119. The van der Waals surface area contributed by atoms with E-state index in [-0.39, 0.29) is 4.90 Å². The highest BCUT2D eigenvalue weighted by Crippen LogP contribution is 2.29. The fraction of sp³-hybridized carbons (Fsp3) is 0.172. The van der Waals surface area contributed by atoms with Crippen molar-refractivity contribution < 1.29 is 13.2 Å². The Kier molecular flexibility index (Phi) is 8.04. The summed E-state index contributed by atoms with van der Waals surface area (Å²) >= 11 is 6.09. The van der Waals surface area contributed by atoms with Crippen LogP contribution in [0.4, 0.5) is 5.69 Å². The molecule has 0 aliphatic rings. The number of benzene rings is 3. The summed E-state index contributed by atoms with van der Waals surface area (Å²) in [5.74, 6) is -0.581. The molecule has 0 bridgehead atoms. The van der Waals surface area contributed by atoms with Gasteiger partial charge in [0.2, 0.25) is 0 Å². The molecule has 4 aromatic rings. The number of hydrogen-bond acceptors (Lipinski definition) is 4. The molecule has 196 valence electrons. The van der Waals surface area contributed by atoms with Crippen molar-refractivity contribution >= 4 is 39.4 Å². The predicted octanol–water partition coefficient (Wildman–Crippen LogP) is 5.71. The average molecular weight is 549 g/mol. The summed E-state index contributed by atoms with van der Waals surface area (Å²) in [6.07, 6.45) is 1.57. The maximum absolute atomic E-state index is 13.5. The third-order valence-electron chi connectivity index (χ3n) is 6.27. The maximum atomic E-state index is 13.5. The molecule has 0 aliphatic heterocycles. The number of nitrogens with one attached hydrogen (secondary N) is 1. The molecule has 7 nitrogen and oxygen atoms in total. The van der Waals surface area contributed by atoms with Gasteiger partial charge >= 0.3 is 0 Å². The summed E-state index contributed by atoms with van der Waals surface area (Å²) in [6, 6.07) is 22.9. The number of para-hydroxylation sites is 1. The standard InChI is InChI=1S/C29H29ClN4O3S/c1-20-10-8-9-13-28(20)34-22(3)17-24(23(34)4)18-31-32-29(35)19-33(27-15-14-25(30)16-21(27)2)38(36,37)26-11-6-5-7-12-26/h5-18H,19H2,1-4H3,(H,32,35)/b31-18-. The second-order valence-electron chi connectivity index (χ2n) is 9.00. The van der Waals surface area contributed by atoms with E-state index >= 15 is 0 Å². The van der Waals surface area contributed by atoms with Gasteiger partial charge in [-0.15, -0.1) is 0 Å². The number of aryl methyl sites for hydroxylation is 3. The van der Waals surface area contributed by atoms with Crippen molar-refractivity contribution in [3.05, 3.63) is 112 Å². The minimum atomic E-state index is -4.03. The van der Waals surface area contributed by atoms with Crippen LogP contribution in [-0.2, 0) is 14.8 Å². The van der Waals surface area contributed by atoms with Gasteiger partial charge in [0.05, 0.1) is 16.8 Å². The van der Waals surface area contributed by atoms with Gasteiger partial charge in [0.15, 0.2) is 0 Å². The highest BCUT2D eigenvalue weighted by atomic mass is 35.5. The number of nitrogens with zero attached hydrogens (tertiary/aromatic N) is 3. The van der Waals surface area contributed by atoms with E-state index in [1.807, 2.05) is 32.0 Å². The van der Waals surface area contributed by atoms with E-state index in [2.05, 4.69) is 34.2 Å². The maximum Gasteiger partial charge on any atom is 0.264 e. The quantitative estimate of drug-likeness (QED) is 0.226. The summed E-state index contributed by atoms with van der Waals surface area (Å²) in [6.45, 7) is 7.34. The Hall–Kier alpha value is -3.88. The summed E-state index contributed by atoms with van der Waals surface area (Å²) in [5.41, 5.74) is 8.53. The van der Waals surface area contributed by atoms with Crippen LogP contribution in [0.3, 0.4) is 0 Å². The summed E-state index contributed by atoms with van der Waals surface area (Å²) < 4.78 is 30.2. The second kappa shape index (κ2) is 11.2. The van der Waals surface area contributed by atoms with Crippen LogP contribution in [0.1, 0.15) is 28.1 Å². The van der Waals surface area contributed by atoms with Crippen molar-refractivity contribution in [2.45, 2.75) is 32.6 Å². The van der Waals surface area contributed by atoms with Crippen LogP contribution in [0.2, 0.25) is 5.02 Å². The fourth-order valence-electron chi connectivity index (χ4n) is 4.36. The van der Waals surface area contributed by atoms with E-state index in [1.165, 1.54) is 12.1 Å². The van der Waals surface area contributed by atoms with Crippen LogP contribution in [0.5, 0.6) is 0 Å². The van der Waals surface area contributed by atoms with Gasteiger partial charge in [-0.2, -0.15) is 5.10 Å². The number of amides is 1. The molecule has 38 heavy (non-hydrogen) atoms. The number of hydrogen-bond donors (Lipinski definition) is 1. The zero-order chi connectivity index (χ0) is 27.4. The lowest BCUT2D eigenvalue weighted by Gasteiger charge is -2.25. The van der Waals surface area contributed by atoms with Gasteiger partial charge < -0.3 is 4.57 Å². The number of sulfonamides is 1. The normalized spacial score (nSPS) is 11.6. The van der Waals surface area contributed by atoms with Crippen LogP contribution >= 0.6 is 11.6 Å². The van der Waals surface area contributed by atoms with Crippen LogP contribution in [0.25, 0.3) is 5.69 Å². The summed E-state index contributed by atoms with van der Waals surface area (Å²) in [7, 11) is -4.03. The topological polar surface area (TPSA) is 83.8 Å². The largest absolute Gasteiger partial charge is 0.318 e. The van der Waals surface area contributed by atoms with E-state index in [0.29, 0.717) is 16.3 Å². The number of aromatic nitrogens is 1. The number of carbonyl (C=O) groups is 1. The minimum Gasteiger partial charge on any atom is -0.318 e. The molecule has 0 unspecified atom stereocenters. The van der Waals surface area contributed by atoms with Gasteiger partial charge in [-0.05, 0) is 81.3 Å². The third kappa shape index (κ3) is 5.66. The number of halogens is 1. The molecule has 4 rings (SSSR count). The average Bonchev–Trinajstić information content (AvgIpc) is 3.16. The second-order valence-corrected chi connectivity index (χ2v) is 11.3. The van der Waals surface area contributed by atoms with Crippen LogP contribution in [0, 0.1) is 27.7 Å². The Morgan fingerprint density at radius 1 is 0.947 bits per heavy atom. The molecule has 0 atom stereocenters. The van der Waals surface area contributed by atoms with Crippen molar-refractivity contribution in [2.24, 2.45) is 5.10 Å². The highest BCUT2D eigenvalue weighted by molar-refractivity contribution is 7.92. The number of rotatable bonds is 8. The predicted molar refractivity (Wildman–Crippen MR) is 153 cm³/mol. The van der Waals surface area contributed by atoms with Gasteiger partial charge in [0.1, 0.15) is 6.54 Å². The first-order valence-corrected chi connectivity index (χ1v) is 13.8. The number of hydrazone groups is 1. The van der Waals surface area contributed by atoms with Crippen molar-refractivity contribution in [1.82, 2.24) is 9.99 Å². The molecule has 3 aromatic carbocycles. The van der Waals surface area contributed by atoms with E-state index in [0.717, 1.165) is 32.5 Å². The molecule has 1 aromatic heterocycles. The van der Waals surface area contributed by atoms with E-state index in [4.69, 9.17) is 11.6 Å². The Morgan fingerprint density at radius 2 is 1.63 bits per heavy atom. The van der Waals surface area contributed by atoms with Crippen molar-refractivity contribution in [1.29, 1.82) is 0 Å². The zero-order valence-electron chi connectivity index (χ0n) is 21.6. The summed E-state index contributed by atoms with van der Waals surface area (Å²) in [4.78, 5) is 13.0. The summed E-state index contributed by atoms with van der Waals surface area (Å²) in [5, 5.41) is 4.60. The lowest BCUT2D eigenvalue weighted by Crippen LogP contribution is -2.40. The van der Waals surface area contributed by atoms with Gasteiger partial charge in [-0.1, -0.05) is 48.0 Å². The van der Waals surface area contributed by atoms with Crippen molar-refractivity contribution in [3.63, 3.8) is 0 Å². The van der Waals surface area contributed by atoms with Crippen molar-refractivity contribution in [2.75, 3.05) is 10.8 Å². The van der Waals surface area contributed by atoms with Crippen LogP contribution in [-0.4, -0.2) is 31.7 Å². The molecule has 1 heterocycles. The minimum absolute atomic E-state index is 0.0781. The molecule has 1 amide bonds. The first kappa shape index (κ1) is 27.2. The molecule has 0 fully saturated rings. The molecule has 0 aliphatic carbocycles. The first-order chi connectivity index (χ1) is 18.1. The lowest BCUT2D eigenvalue weighted by atomic mass is 10.2. The van der Waals surface area contributed by atoms with E-state index in [9.17, 15) is 13.2 Å². The van der Waals surface area contributed by atoms with Gasteiger partial charge in [0.25, 0.3) is 15.9 Å². The third-order valence-corrected chi connectivity index (χ3v) is 8.27. The molecule has 1 N–H and O–H groups in total. The number of carbonyl (C=O) groups excluding carboxylic acids is 1. The molecule has 9 heteroatoms. The Bertz CT molecular complexity index is 1610. The van der Waals surface area contributed by atoms with E-state index < -0.39 is 22.5 Å². The van der Waals surface area contributed by atoms with Crippen LogP contribution in [0.15, 0.2) is 88.9 Å². The van der Waals surface area contributed by atoms with Crippen molar-refractivity contribution in [3.8, 4) is 5.69 Å². The number of anilines is 1. The van der Waals surface area contributed by atoms with Crippen LogP contribution < -0.4 is 9.73 Å². The molecule has 0 radical (unpaired) electrons. The van der Waals surface area contributed by atoms with Gasteiger partial charge in [-0.25, -0.2) is 13.8 Å². The van der Waals surface area contributed by atoms with Gasteiger partial charge in [0, 0.05) is 27.7 Å². The molecule has 0 saturated heterocycles. The fourth-order valence-corrected chi connectivity index (χ4v) is 6.09. The zero-order valence-corrected chi connectivity index (χ0v) is 23.2. The monoisotopic (exact) mass is 548 g/mol. The molecule has 0 spiro atoms. The molecule has 0 saturated carbocycles. The Morgan fingerprint density at radius 3 is 2.32 bits per heavy atom. The smallest absolute Gasteiger partial charge is 0.264 e. The SMILES string of the molecule is Cc1cc(Cl)ccc1N(CC(=O)N/N=C\c1cc(C)n(-c2ccccc2C)c1C)S(=O)(=O)c1ccccc1. The van der Waals surface area contributed by atoms with Gasteiger partial charge in [-0.3, -0.25) is 9.10 Å². The molecular weight excluding hydrogens is 520 g/mol. The van der Waals surface area contributed by atoms with E-state index in [1.54, 1.807) is 49.5 Å².